The van der Waals surface area contributed by atoms with E-state index < -0.39 is 0 Å². The smallest absolute Gasteiger partial charge is 0.230 e. The summed E-state index contributed by atoms with van der Waals surface area (Å²) in [7, 11) is 0. The zero-order valence-electron chi connectivity index (χ0n) is 12.2. The van der Waals surface area contributed by atoms with E-state index in [-0.39, 0.29) is 11.9 Å². The average Bonchev–Trinajstić information content (AvgIpc) is 2.87. The Morgan fingerprint density at radius 1 is 1.43 bits per heavy atom. The van der Waals surface area contributed by atoms with Gasteiger partial charge in [-0.1, -0.05) is 49.0 Å². The van der Waals surface area contributed by atoms with Crippen LogP contribution in [-0.2, 0) is 4.79 Å². The maximum Gasteiger partial charge on any atom is 0.230 e. The number of thioether (sulfide) groups is 1. The van der Waals surface area contributed by atoms with Crippen LogP contribution in [0.4, 0.5) is 0 Å². The molecule has 21 heavy (non-hydrogen) atoms. The molecular weight excluding hydrogens is 284 g/mol. The molecule has 0 fully saturated rings. The van der Waals surface area contributed by atoms with Gasteiger partial charge in [0.05, 0.1) is 17.6 Å². The molecule has 1 heterocycles. The number of rotatable bonds is 6. The minimum absolute atomic E-state index is 0.00129. The molecular formula is C15H20N4OS. The van der Waals surface area contributed by atoms with Crippen LogP contribution in [-0.4, -0.2) is 27.4 Å². The predicted octanol–water partition coefficient (Wildman–Crippen LogP) is 2.27. The average molecular weight is 304 g/mol. The monoisotopic (exact) mass is 304 g/mol. The number of nitrogen functional groups attached to an aromatic ring is 1. The first-order valence-electron chi connectivity index (χ1n) is 6.92. The van der Waals surface area contributed by atoms with Crippen molar-refractivity contribution in [1.82, 2.24) is 15.0 Å². The van der Waals surface area contributed by atoms with Gasteiger partial charge in [-0.05, 0) is 13.3 Å². The second-order valence-corrected chi connectivity index (χ2v) is 5.79. The van der Waals surface area contributed by atoms with E-state index in [2.05, 4.69) is 10.3 Å². The number of nitrogens with zero attached hydrogens (tertiary/aromatic N) is 2. The van der Waals surface area contributed by atoms with Crippen LogP contribution in [0.1, 0.15) is 20.3 Å². The Morgan fingerprint density at radius 2 is 2.14 bits per heavy atom. The van der Waals surface area contributed by atoms with Gasteiger partial charge in [-0.25, -0.2) is 9.66 Å². The van der Waals surface area contributed by atoms with Crippen LogP contribution in [0.5, 0.6) is 0 Å². The van der Waals surface area contributed by atoms with Crippen LogP contribution in [0.15, 0.2) is 41.7 Å². The van der Waals surface area contributed by atoms with E-state index in [9.17, 15) is 4.79 Å². The second kappa shape index (κ2) is 7.17. The lowest BCUT2D eigenvalue weighted by Gasteiger charge is -2.10. The van der Waals surface area contributed by atoms with Gasteiger partial charge >= 0.3 is 0 Å². The first kappa shape index (κ1) is 15.4. The molecule has 0 saturated carbocycles. The number of carbonyl (C=O) groups excluding carboxylic acids is 1. The molecule has 112 valence electrons. The molecule has 1 aromatic carbocycles. The van der Waals surface area contributed by atoms with Gasteiger partial charge in [0, 0.05) is 11.6 Å². The fraction of sp³-hybridized carbons (Fsp3) is 0.333. The van der Waals surface area contributed by atoms with Gasteiger partial charge in [0.25, 0.3) is 0 Å². The minimum atomic E-state index is -0.00129. The zero-order valence-corrected chi connectivity index (χ0v) is 13.1. The largest absolute Gasteiger partial charge is 0.353 e. The van der Waals surface area contributed by atoms with E-state index >= 15 is 0 Å². The molecule has 0 radical (unpaired) electrons. The molecule has 2 aromatic rings. The lowest BCUT2D eigenvalue weighted by molar-refractivity contribution is -0.119. The van der Waals surface area contributed by atoms with Gasteiger partial charge in [-0.15, -0.1) is 0 Å². The summed E-state index contributed by atoms with van der Waals surface area (Å²) in [5.41, 5.74) is 1.82. The Bertz CT molecular complexity index is 597. The van der Waals surface area contributed by atoms with Crippen molar-refractivity contribution in [1.29, 1.82) is 0 Å². The topological polar surface area (TPSA) is 72.9 Å². The van der Waals surface area contributed by atoms with E-state index in [1.807, 2.05) is 44.2 Å². The van der Waals surface area contributed by atoms with Crippen LogP contribution in [0.25, 0.3) is 11.3 Å². The van der Waals surface area contributed by atoms with Crippen molar-refractivity contribution in [3.05, 3.63) is 36.5 Å². The van der Waals surface area contributed by atoms with Crippen molar-refractivity contribution in [2.24, 2.45) is 0 Å². The highest BCUT2D eigenvalue weighted by Crippen LogP contribution is 2.22. The summed E-state index contributed by atoms with van der Waals surface area (Å²) in [5.74, 6) is 6.20. The van der Waals surface area contributed by atoms with Crippen molar-refractivity contribution in [3.8, 4) is 11.3 Å². The Kier molecular flexibility index (Phi) is 5.27. The Morgan fingerprint density at radius 3 is 2.81 bits per heavy atom. The first-order valence-corrected chi connectivity index (χ1v) is 7.90. The van der Waals surface area contributed by atoms with Crippen molar-refractivity contribution >= 4 is 17.7 Å². The summed E-state index contributed by atoms with van der Waals surface area (Å²) in [4.78, 5) is 16.2. The molecule has 1 aromatic heterocycles. The summed E-state index contributed by atoms with van der Waals surface area (Å²) >= 11 is 1.34. The molecule has 0 bridgehead atoms. The summed E-state index contributed by atoms with van der Waals surface area (Å²) in [6.07, 6.45) is 2.68. The third-order valence-corrected chi connectivity index (χ3v) is 4.09. The third-order valence-electron chi connectivity index (χ3n) is 3.12. The highest BCUT2D eigenvalue weighted by molar-refractivity contribution is 7.99. The lowest BCUT2D eigenvalue weighted by atomic mass is 10.2. The quantitative estimate of drug-likeness (QED) is 0.634. The molecule has 0 saturated heterocycles. The van der Waals surface area contributed by atoms with Crippen molar-refractivity contribution < 1.29 is 4.79 Å². The molecule has 0 aliphatic carbocycles. The number of aromatic nitrogens is 2. The molecule has 0 aliphatic heterocycles. The highest BCUT2D eigenvalue weighted by atomic mass is 32.2. The molecule has 2 rings (SSSR count). The van der Waals surface area contributed by atoms with Crippen LogP contribution in [0, 0.1) is 0 Å². The Balaban J connectivity index is 1.99. The number of nitrogens with one attached hydrogen (secondary N) is 1. The molecule has 0 unspecified atom stereocenters. The van der Waals surface area contributed by atoms with Crippen LogP contribution in [0.3, 0.4) is 0 Å². The number of benzene rings is 1. The van der Waals surface area contributed by atoms with Gasteiger partial charge in [0.1, 0.15) is 0 Å². The van der Waals surface area contributed by atoms with E-state index in [4.69, 9.17) is 5.84 Å². The number of hydrogen-bond acceptors (Lipinski definition) is 4. The van der Waals surface area contributed by atoms with Crippen LogP contribution >= 0.6 is 11.8 Å². The van der Waals surface area contributed by atoms with Gasteiger partial charge in [0.2, 0.25) is 5.91 Å². The number of imidazole rings is 1. The first-order chi connectivity index (χ1) is 10.1. The van der Waals surface area contributed by atoms with Gasteiger partial charge in [-0.2, -0.15) is 0 Å². The maximum atomic E-state index is 11.8. The van der Waals surface area contributed by atoms with E-state index in [1.54, 1.807) is 6.20 Å². The minimum Gasteiger partial charge on any atom is -0.353 e. The summed E-state index contributed by atoms with van der Waals surface area (Å²) in [6, 6.07) is 10.0. The molecule has 3 N–H and O–H groups in total. The molecule has 1 amide bonds. The summed E-state index contributed by atoms with van der Waals surface area (Å²) in [5, 5.41) is 3.55. The highest BCUT2D eigenvalue weighted by Gasteiger charge is 2.11. The maximum absolute atomic E-state index is 11.8. The fourth-order valence-electron chi connectivity index (χ4n) is 1.78. The van der Waals surface area contributed by atoms with Crippen molar-refractivity contribution in [3.63, 3.8) is 0 Å². The Hall–Kier alpha value is -1.95. The second-order valence-electron chi connectivity index (χ2n) is 4.85. The number of hydrogen-bond donors (Lipinski definition) is 2. The summed E-state index contributed by atoms with van der Waals surface area (Å²) < 4.78 is 1.46. The van der Waals surface area contributed by atoms with Gasteiger partial charge < -0.3 is 11.2 Å². The Labute approximate surface area is 128 Å². The van der Waals surface area contributed by atoms with Gasteiger partial charge in [-0.3, -0.25) is 4.79 Å². The van der Waals surface area contributed by atoms with Crippen molar-refractivity contribution in [2.75, 3.05) is 11.6 Å². The van der Waals surface area contributed by atoms with E-state index in [1.165, 1.54) is 16.4 Å². The number of carbonyl (C=O) groups is 1. The SMILES string of the molecule is CC[C@H](C)NC(=O)CSc1nc(-c2ccccc2)cn1N. The van der Waals surface area contributed by atoms with E-state index in [0.29, 0.717) is 10.9 Å². The van der Waals surface area contributed by atoms with Crippen molar-refractivity contribution in [2.45, 2.75) is 31.5 Å². The number of amides is 1. The van der Waals surface area contributed by atoms with Crippen LogP contribution < -0.4 is 11.2 Å². The number of nitrogens with two attached hydrogens (primary N) is 1. The summed E-state index contributed by atoms with van der Waals surface area (Å²) in [6.45, 7) is 4.02. The lowest BCUT2D eigenvalue weighted by Crippen LogP contribution is -2.33. The normalized spacial score (nSPS) is 12.1. The van der Waals surface area contributed by atoms with Gasteiger partial charge in [0.15, 0.2) is 5.16 Å². The molecule has 0 spiro atoms. The fourth-order valence-corrected chi connectivity index (χ4v) is 2.49. The molecule has 0 aliphatic rings. The zero-order chi connectivity index (χ0) is 15.2. The third kappa shape index (κ3) is 4.26. The molecule has 6 heteroatoms. The van der Waals surface area contributed by atoms with Crippen LogP contribution in [0.2, 0.25) is 0 Å². The standard InChI is InChI=1S/C15H20N4OS/c1-3-11(2)17-14(20)10-21-15-18-13(9-19(15)16)12-7-5-4-6-8-12/h4-9,11H,3,10,16H2,1-2H3,(H,17,20)/t11-/m0/s1. The molecule has 5 nitrogen and oxygen atoms in total. The predicted molar refractivity (Wildman–Crippen MR) is 86.4 cm³/mol. The molecule has 1 atom stereocenters. The van der Waals surface area contributed by atoms with E-state index in [0.717, 1.165) is 17.7 Å².